The predicted octanol–water partition coefficient (Wildman–Crippen LogP) is 4.93. The van der Waals surface area contributed by atoms with Gasteiger partial charge in [-0.1, -0.05) is 43.6 Å². The van der Waals surface area contributed by atoms with E-state index >= 15 is 0 Å². The van der Waals surface area contributed by atoms with Crippen LogP contribution in [0, 0.1) is 18.7 Å². The monoisotopic (exact) mass is 419 g/mol. The number of nitrogens with zero attached hydrogens (tertiary/aromatic N) is 5. The van der Waals surface area contributed by atoms with Gasteiger partial charge in [0.1, 0.15) is 0 Å². The van der Waals surface area contributed by atoms with Crippen LogP contribution in [0.15, 0.2) is 28.7 Å². The van der Waals surface area contributed by atoms with Crippen LogP contribution in [0.4, 0.5) is 0 Å². The van der Waals surface area contributed by atoms with Gasteiger partial charge in [-0.25, -0.2) is 4.68 Å². The van der Waals surface area contributed by atoms with Crippen LogP contribution < -0.4 is 0 Å². The molecular formula is C20H26ClN5OS. The van der Waals surface area contributed by atoms with Gasteiger partial charge in [0.15, 0.2) is 0 Å². The first-order valence-corrected chi connectivity index (χ1v) is 10.1. The summed E-state index contributed by atoms with van der Waals surface area (Å²) < 4.78 is 9.31. The van der Waals surface area contributed by atoms with E-state index in [0.29, 0.717) is 23.9 Å². The third-order valence-corrected chi connectivity index (χ3v) is 5.39. The van der Waals surface area contributed by atoms with E-state index in [1.807, 2.05) is 56.8 Å². The van der Waals surface area contributed by atoms with E-state index in [9.17, 15) is 0 Å². The number of hydrogen-bond donors (Lipinski definition) is 0. The zero-order valence-corrected chi connectivity index (χ0v) is 18.5. The summed E-state index contributed by atoms with van der Waals surface area (Å²) in [5.41, 5.74) is 4.41. The average molecular weight is 420 g/mol. The van der Waals surface area contributed by atoms with Gasteiger partial charge in [0, 0.05) is 28.7 Å². The van der Waals surface area contributed by atoms with E-state index in [-0.39, 0.29) is 5.92 Å². The first-order valence-electron chi connectivity index (χ1n) is 9.29. The number of hydrogen-bond acceptors (Lipinski definition) is 5. The van der Waals surface area contributed by atoms with Crippen molar-refractivity contribution in [3.8, 4) is 0 Å². The molecule has 1 aromatic carbocycles. The molecule has 2 heterocycles. The molecule has 0 saturated heterocycles. The van der Waals surface area contributed by atoms with Crippen molar-refractivity contribution in [3.63, 3.8) is 0 Å². The minimum absolute atomic E-state index is 0.209. The summed E-state index contributed by atoms with van der Waals surface area (Å²) in [6, 6.07) is 7.87. The zero-order chi connectivity index (χ0) is 20.4. The van der Waals surface area contributed by atoms with Crippen LogP contribution in [0.1, 0.15) is 48.2 Å². The molecule has 0 aliphatic rings. The summed E-state index contributed by atoms with van der Waals surface area (Å²) in [5.74, 6) is 0.874. The summed E-state index contributed by atoms with van der Waals surface area (Å²) in [7, 11) is 2.04. The maximum atomic E-state index is 6.31. The first-order chi connectivity index (χ1) is 13.3. The number of aromatic nitrogens is 4. The summed E-state index contributed by atoms with van der Waals surface area (Å²) in [5, 5.41) is 9.96. The molecule has 0 saturated carbocycles. The molecule has 28 heavy (non-hydrogen) atoms. The minimum atomic E-state index is 0.209. The summed E-state index contributed by atoms with van der Waals surface area (Å²) in [4.78, 5) is 2.55. The Labute approximate surface area is 175 Å². The van der Waals surface area contributed by atoms with Crippen LogP contribution in [0.3, 0.4) is 0 Å². The fourth-order valence-corrected chi connectivity index (χ4v) is 3.48. The predicted molar refractivity (Wildman–Crippen MR) is 113 cm³/mol. The second kappa shape index (κ2) is 8.59. The van der Waals surface area contributed by atoms with Gasteiger partial charge in [-0.2, -0.15) is 5.10 Å². The Morgan fingerprint density at radius 3 is 2.54 bits per heavy atom. The third kappa shape index (κ3) is 4.54. The van der Waals surface area contributed by atoms with Crippen LogP contribution in [0.5, 0.6) is 0 Å². The second-order valence-electron chi connectivity index (χ2n) is 7.41. The van der Waals surface area contributed by atoms with Crippen molar-refractivity contribution in [1.82, 2.24) is 24.5 Å². The molecule has 3 aromatic rings. The van der Waals surface area contributed by atoms with E-state index in [2.05, 4.69) is 16.9 Å². The first kappa shape index (κ1) is 20.8. The topological polar surface area (TPSA) is 52.0 Å². The molecule has 3 rings (SSSR count). The molecule has 0 fully saturated rings. The number of rotatable bonds is 7. The molecule has 0 aliphatic carbocycles. The largest absolute Gasteiger partial charge is 0.414 e. The molecule has 2 aromatic heterocycles. The Balaban J connectivity index is 1.75. The standard InChI is InChI=1S/C20H26ClN5OS/c1-13(2)19-23-26(20(28)27-19)12-24(5)11-17-14(3)22-25(15(17)4)10-16-8-6-7-9-18(16)21/h6-9,13H,10-12H2,1-5H3. The lowest BCUT2D eigenvalue weighted by atomic mass is 10.2. The fourth-order valence-electron chi connectivity index (χ4n) is 3.10. The molecule has 8 heteroatoms. The van der Waals surface area contributed by atoms with Crippen molar-refractivity contribution in [1.29, 1.82) is 0 Å². The zero-order valence-electron chi connectivity index (χ0n) is 16.9. The van der Waals surface area contributed by atoms with E-state index in [1.165, 1.54) is 5.56 Å². The van der Waals surface area contributed by atoms with Crippen molar-refractivity contribution in [2.45, 2.75) is 53.4 Å². The Hall–Kier alpha value is -1.96. The molecular weight excluding hydrogens is 394 g/mol. The molecule has 0 unspecified atom stereocenters. The quantitative estimate of drug-likeness (QED) is 0.508. The van der Waals surface area contributed by atoms with Gasteiger partial charge in [-0.05, 0) is 44.7 Å². The van der Waals surface area contributed by atoms with Gasteiger partial charge in [-0.3, -0.25) is 9.58 Å². The van der Waals surface area contributed by atoms with Gasteiger partial charge < -0.3 is 4.42 Å². The van der Waals surface area contributed by atoms with E-state index in [4.69, 9.17) is 33.3 Å². The normalized spacial score (nSPS) is 11.7. The number of aryl methyl sites for hydroxylation is 1. The van der Waals surface area contributed by atoms with Crippen LogP contribution in [0.25, 0.3) is 0 Å². The van der Waals surface area contributed by atoms with E-state index in [0.717, 1.165) is 28.5 Å². The highest BCUT2D eigenvalue weighted by Gasteiger charge is 2.16. The SMILES string of the molecule is Cc1nn(Cc2ccccc2Cl)c(C)c1CN(C)Cn1nc(C(C)C)oc1=S. The Morgan fingerprint density at radius 1 is 1.18 bits per heavy atom. The Bertz CT molecular complexity index is 1020. The smallest absolute Gasteiger partial charge is 0.288 e. The summed E-state index contributed by atoms with van der Waals surface area (Å²) >= 11 is 11.6. The average Bonchev–Trinajstić information content (AvgIpc) is 3.12. The van der Waals surface area contributed by atoms with Crippen LogP contribution >= 0.6 is 23.8 Å². The molecule has 0 bridgehead atoms. The van der Waals surface area contributed by atoms with Crippen molar-refractivity contribution in [2.24, 2.45) is 0 Å². The lowest BCUT2D eigenvalue weighted by Crippen LogP contribution is -2.23. The van der Waals surface area contributed by atoms with Crippen molar-refractivity contribution in [3.05, 3.63) is 62.5 Å². The van der Waals surface area contributed by atoms with Gasteiger partial charge >= 0.3 is 0 Å². The van der Waals surface area contributed by atoms with Gasteiger partial charge in [0.25, 0.3) is 4.84 Å². The highest BCUT2D eigenvalue weighted by Crippen LogP contribution is 2.20. The van der Waals surface area contributed by atoms with Crippen molar-refractivity contribution in [2.75, 3.05) is 7.05 Å². The summed E-state index contributed by atoms with van der Waals surface area (Å²) in [6.07, 6.45) is 0. The molecule has 0 aliphatic heterocycles. The van der Waals surface area contributed by atoms with Crippen LogP contribution in [-0.2, 0) is 19.8 Å². The molecule has 0 atom stereocenters. The fraction of sp³-hybridized carbons (Fsp3) is 0.450. The molecule has 0 radical (unpaired) electrons. The van der Waals surface area contributed by atoms with E-state index < -0.39 is 0 Å². The highest BCUT2D eigenvalue weighted by molar-refractivity contribution is 7.71. The lowest BCUT2D eigenvalue weighted by Gasteiger charge is -2.16. The lowest BCUT2D eigenvalue weighted by molar-refractivity contribution is 0.240. The maximum Gasteiger partial charge on any atom is 0.288 e. The minimum Gasteiger partial charge on any atom is -0.414 e. The number of halogens is 1. The number of benzene rings is 1. The van der Waals surface area contributed by atoms with E-state index in [1.54, 1.807) is 4.68 Å². The second-order valence-corrected chi connectivity index (χ2v) is 8.17. The Kier molecular flexibility index (Phi) is 6.37. The Morgan fingerprint density at radius 2 is 1.89 bits per heavy atom. The van der Waals surface area contributed by atoms with Gasteiger partial charge in [0.2, 0.25) is 5.89 Å². The van der Waals surface area contributed by atoms with Crippen molar-refractivity contribution < 1.29 is 4.42 Å². The molecule has 0 spiro atoms. The van der Waals surface area contributed by atoms with Crippen LogP contribution in [0.2, 0.25) is 5.02 Å². The van der Waals surface area contributed by atoms with Crippen molar-refractivity contribution >= 4 is 23.8 Å². The summed E-state index contributed by atoms with van der Waals surface area (Å²) in [6.45, 7) is 10.2. The van der Waals surface area contributed by atoms with Gasteiger partial charge in [-0.15, -0.1) is 5.10 Å². The maximum absolute atomic E-state index is 6.31. The molecule has 6 nitrogen and oxygen atoms in total. The molecule has 150 valence electrons. The third-order valence-electron chi connectivity index (χ3n) is 4.73. The molecule has 0 N–H and O–H groups in total. The highest BCUT2D eigenvalue weighted by atomic mass is 35.5. The van der Waals surface area contributed by atoms with Crippen LogP contribution in [-0.4, -0.2) is 31.5 Å². The van der Waals surface area contributed by atoms with Gasteiger partial charge in [0.05, 0.1) is 18.9 Å². The molecule has 0 amide bonds.